The van der Waals surface area contributed by atoms with E-state index in [1.807, 2.05) is 36.1 Å². The number of Topliss-reactive ketones (excluding diaryl/α,β-unsaturated/α-hetero) is 1. The number of carbonyl (C=O) groups excluding carboxylic acids is 3. The average Bonchev–Trinajstić information content (AvgIpc) is 3.57. The Morgan fingerprint density at radius 1 is 1.09 bits per heavy atom. The zero-order valence-electron chi connectivity index (χ0n) is 19.8. The van der Waals surface area contributed by atoms with E-state index in [2.05, 4.69) is 6.08 Å². The predicted molar refractivity (Wildman–Crippen MR) is 130 cm³/mol. The third-order valence-corrected chi connectivity index (χ3v) is 7.88. The van der Waals surface area contributed by atoms with Crippen molar-refractivity contribution in [1.29, 1.82) is 0 Å². The van der Waals surface area contributed by atoms with Gasteiger partial charge in [0.05, 0.1) is 37.6 Å². The molecule has 180 valence electrons. The minimum absolute atomic E-state index is 0.130. The Kier molecular flexibility index (Phi) is 5.25. The standard InChI is InChI=1S/C28H28N2O5/c1-16-13-22-23-24(28(33)29(27(23)32)15-19-9-6-12-35-19)25(30(22)21-11-4-3-10-20(16)21)26(31)17-7-5-8-18(14-17)34-2/h3-5,7-8,10-11,13-14,19,22-25H,6,9,12,15H2,1-2H3/t19-,22+,23-,24+,25-/m0/s1. The molecule has 5 atom stereocenters. The van der Waals surface area contributed by atoms with E-state index in [4.69, 9.17) is 9.47 Å². The van der Waals surface area contributed by atoms with Gasteiger partial charge in [-0.15, -0.1) is 0 Å². The normalized spacial score (nSPS) is 29.1. The number of rotatable bonds is 5. The molecule has 7 nitrogen and oxygen atoms in total. The summed E-state index contributed by atoms with van der Waals surface area (Å²) >= 11 is 0. The zero-order chi connectivity index (χ0) is 24.3. The fourth-order valence-electron chi connectivity index (χ4n) is 6.28. The molecule has 0 N–H and O–H groups in total. The number of ether oxygens (including phenoxy) is 2. The summed E-state index contributed by atoms with van der Waals surface area (Å²) in [5.74, 6) is -1.42. The van der Waals surface area contributed by atoms with Crippen LogP contribution in [0, 0.1) is 11.8 Å². The van der Waals surface area contributed by atoms with Gasteiger partial charge in [-0.25, -0.2) is 0 Å². The number of ketones is 1. The van der Waals surface area contributed by atoms with Crippen LogP contribution in [-0.2, 0) is 14.3 Å². The van der Waals surface area contributed by atoms with Gasteiger partial charge in [-0.3, -0.25) is 19.3 Å². The number of carbonyl (C=O) groups is 3. The summed E-state index contributed by atoms with van der Waals surface area (Å²) in [6.45, 7) is 2.93. The highest BCUT2D eigenvalue weighted by atomic mass is 16.5. The Bertz CT molecular complexity index is 1250. The lowest BCUT2D eigenvalue weighted by Gasteiger charge is -2.38. The van der Waals surface area contributed by atoms with Gasteiger partial charge in [0.15, 0.2) is 5.78 Å². The highest BCUT2D eigenvalue weighted by Crippen LogP contribution is 2.50. The summed E-state index contributed by atoms with van der Waals surface area (Å²) in [7, 11) is 1.56. The van der Waals surface area contributed by atoms with E-state index in [-0.39, 0.29) is 36.3 Å². The summed E-state index contributed by atoms with van der Waals surface area (Å²) in [4.78, 5) is 45.0. The van der Waals surface area contributed by atoms with Crippen LogP contribution in [0.25, 0.3) is 5.57 Å². The molecule has 6 rings (SSSR count). The van der Waals surface area contributed by atoms with Crippen molar-refractivity contribution in [1.82, 2.24) is 4.90 Å². The Hall–Kier alpha value is -3.45. The zero-order valence-corrected chi connectivity index (χ0v) is 19.8. The highest BCUT2D eigenvalue weighted by Gasteiger charge is 2.64. The van der Waals surface area contributed by atoms with E-state index >= 15 is 0 Å². The van der Waals surface area contributed by atoms with E-state index in [0.717, 1.165) is 29.7 Å². The number of methoxy groups -OCH3 is 1. The second-order valence-corrected chi connectivity index (χ2v) is 9.78. The van der Waals surface area contributed by atoms with Gasteiger partial charge in [-0.2, -0.15) is 0 Å². The lowest BCUT2D eigenvalue weighted by Crippen LogP contribution is -2.49. The van der Waals surface area contributed by atoms with Crippen LogP contribution >= 0.6 is 0 Å². The van der Waals surface area contributed by atoms with Crippen molar-refractivity contribution in [2.75, 3.05) is 25.2 Å². The first kappa shape index (κ1) is 22.0. The van der Waals surface area contributed by atoms with Crippen LogP contribution in [0.1, 0.15) is 35.7 Å². The lowest BCUT2D eigenvalue weighted by atomic mass is 9.85. The number of hydrogen-bond donors (Lipinski definition) is 0. The number of imide groups is 1. The average molecular weight is 473 g/mol. The third-order valence-electron chi connectivity index (χ3n) is 7.88. The topological polar surface area (TPSA) is 76.1 Å². The quantitative estimate of drug-likeness (QED) is 0.491. The van der Waals surface area contributed by atoms with Gasteiger partial charge in [-0.05, 0) is 43.5 Å². The number of fused-ring (bicyclic) bond motifs is 5. The summed E-state index contributed by atoms with van der Waals surface area (Å²) in [5.41, 5.74) is 3.42. The number of allylic oxidation sites excluding steroid dienone is 1. The van der Waals surface area contributed by atoms with Crippen molar-refractivity contribution in [3.8, 4) is 5.75 Å². The molecule has 0 saturated carbocycles. The van der Waals surface area contributed by atoms with Crippen LogP contribution in [0.4, 0.5) is 5.69 Å². The van der Waals surface area contributed by atoms with E-state index in [9.17, 15) is 14.4 Å². The second kappa shape index (κ2) is 8.34. The lowest BCUT2D eigenvalue weighted by molar-refractivity contribution is -0.142. The monoisotopic (exact) mass is 472 g/mol. The molecule has 3 saturated heterocycles. The predicted octanol–water partition coefficient (Wildman–Crippen LogP) is 3.33. The van der Waals surface area contributed by atoms with Gasteiger partial charge in [-0.1, -0.05) is 36.4 Å². The molecule has 4 heterocycles. The van der Waals surface area contributed by atoms with E-state index < -0.39 is 17.9 Å². The molecule has 2 aromatic rings. The van der Waals surface area contributed by atoms with Crippen LogP contribution in [-0.4, -0.2) is 60.9 Å². The first-order chi connectivity index (χ1) is 17.0. The number of amides is 2. The first-order valence-electron chi connectivity index (χ1n) is 12.2. The third kappa shape index (κ3) is 3.32. The van der Waals surface area contributed by atoms with Crippen molar-refractivity contribution in [2.45, 2.75) is 38.0 Å². The Morgan fingerprint density at radius 3 is 2.66 bits per heavy atom. The number of anilines is 1. The molecule has 4 aliphatic rings. The number of para-hydroxylation sites is 1. The van der Waals surface area contributed by atoms with Crippen LogP contribution in [0.5, 0.6) is 5.75 Å². The molecular formula is C28H28N2O5. The van der Waals surface area contributed by atoms with Crippen molar-refractivity contribution in [2.24, 2.45) is 11.8 Å². The molecule has 0 aromatic heterocycles. The Balaban J connectivity index is 1.45. The summed E-state index contributed by atoms with van der Waals surface area (Å²) in [6.07, 6.45) is 3.69. The van der Waals surface area contributed by atoms with Gasteiger partial charge in [0, 0.05) is 23.4 Å². The number of likely N-dealkylation sites (tertiary alicyclic amines) is 1. The minimum atomic E-state index is -0.784. The molecule has 0 bridgehead atoms. The Morgan fingerprint density at radius 2 is 1.89 bits per heavy atom. The van der Waals surface area contributed by atoms with Crippen molar-refractivity contribution < 1.29 is 23.9 Å². The maximum absolute atomic E-state index is 14.1. The van der Waals surface area contributed by atoms with Crippen LogP contribution in [0.2, 0.25) is 0 Å². The molecular weight excluding hydrogens is 444 g/mol. The fourth-order valence-corrected chi connectivity index (χ4v) is 6.28. The maximum Gasteiger partial charge on any atom is 0.235 e. The molecule has 7 heteroatoms. The molecule has 2 amide bonds. The van der Waals surface area contributed by atoms with E-state index in [0.29, 0.717) is 17.9 Å². The highest BCUT2D eigenvalue weighted by molar-refractivity contribution is 6.14. The van der Waals surface area contributed by atoms with Crippen LogP contribution < -0.4 is 9.64 Å². The van der Waals surface area contributed by atoms with Crippen LogP contribution in [0.15, 0.2) is 54.6 Å². The molecule has 35 heavy (non-hydrogen) atoms. The van der Waals surface area contributed by atoms with Gasteiger partial charge in [0.25, 0.3) is 0 Å². The second-order valence-electron chi connectivity index (χ2n) is 9.78. The SMILES string of the molecule is COc1cccc(C(=O)[C@@H]2[C@@H]3C(=O)N(C[C@@H]4CCCO4)C(=O)[C@H]3[C@H]3C=C(C)c4ccccc4N32)c1. The molecule has 0 aliphatic carbocycles. The number of benzene rings is 2. The molecule has 4 aliphatic heterocycles. The first-order valence-corrected chi connectivity index (χ1v) is 12.2. The molecule has 3 fully saturated rings. The van der Waals surface area contributed by atoms with Gasteiger partial charge in [0.2, 0.25) is 11.8 Å². The van der Waals surface area contributed by atoms with Crippen molar-refractivity contribution in [3.63, 3.8) is 0 Å². The van der Waals surface area contributed by atoms with E-state index in [1.54, 1.807) is 31.4 Å². The fraction of sp³-hybridized carbons (Fsp3) is 0.393. The largest absolute Gasteiger partial charge is 0.497 e. The van der Waals surface area contributed by atoms with Crippen molar-refractivity contribution in [3.05, 3.63) is 65.7 Å². The summed E-state index contributed by atoms with van der Waals surface area (Å²) in [5, 5.41) is 0. The summed E-state index contributed by atoms with van der Waals surface area (Å²) in [6, 6.07) is 13.8. The molecule has 0 radical (unpaired) electrons. The maximum atomic E-state index is 14.1. The number of nitrogens with zero attached hydrogens (tertiary/aromatic N) is 2. The van der Waals surface area contributed by atoms with Gasteiger partial charge >= 0.3 is 0 Å². The van der Waals surface area contributed by atoms with Gasteiger partial charge in [0.1, 0.15) is 11.8 Å². The van der Waals surface area contributed by atoms with E-state index in [1.165, 1.54) is 4.90 Å². The van der Waals surface area contributed by atoms with Crippen molar-refractivity contribution >= 4 is 28.9 Å². The van der Waals surface area contributed by atoms with Crippen LogP contribution in [0.3, 0.4) is 0 Å². The smallest absolute Gasteiger partial charge is 0.235 e. The summed E-state index contributed by atoms with van der Waals surface area (Å²) < 4.78 is 11.1. The molecule has 0 unspecified atom stereocenters. The minimum Gasteiger partial charge on any atom is -0.497 e. The Labute approximate surface area is 204 Å². The molecule has 0 spiro atoms. The van der Waals surface area contributed by atoms with Gasteiger partial charge < -0.3 is 14.4 Å². The number of hydrogen-bond acceptors (Lipinski definition) is 6. The molecule has 2 aromatic carbocycles.